The van der Waals surface area contributed by atoms with Gasteiger partial charge in [0.2, 0.25) is 29.1 Å². The number of nitrogens with one attached hydrogen (secondary N) is 4. The van der Waals surface area contributed by atoms with Crippen molar-refractivity contribution in [3.63, 3.8) is 0 Å². The Bertz CT molecular complexity index is 2170. The molecule has 0 spiro atoms. The molecule has 0 saturated heterocycles. The topological polar surface area (TPSA) is 202 Å². The monoisotopic (exact) mass is 824 g/mol. The van der Waals surface area contributed by atoms with Crippen LogP contribution in [0, 0.1) is 17.8 Å². The van der Waals surface area contributed by atoms with Crippen LogP contribution in [0.25, 0.3) is 0 Å². The minimum atomic E-state index is -1.22. The molecule has 2 aliphatic rings. The summed E-state index contributed by atoms with van der Waals surface area (Å²) in [5.74, 6) is -1.46. The Labute approximate surface area is 350 Å². The lowest BCUT2D eigenvalue weighted by molar-refractivity contribution is -0.132. The molecule has 6 atom stereocenters. The van der Waals surface area contributed by atoms with Crippen molar-refractivity contribution in [2.24, 2.45) is 17.8 Å². The molecule has 5 rings (SSSR count). The number of rotatable bonds is 16. The molecule has 0 heterocycles. The van der Waals surface area contributed by atoms with Crippen molar-refractivity contribution in [1.82, 2.24) is 16.0 Å². The highest BCUT2D eigenvalue weighted by atomic mass is 16.5. The molecule has 0 fully saturated rings. The molecule has 60 heavy (non-hydrogen) atoms. The van der Waals surface area contributed by atoms with Crippen LogP contribution in [0.2, 0.25) is 0 Å². The summed E-state index contributed by atoms with van der Waals surface area (Å²) in [6.45, 7) is 6.99. The Morgan fingerprint density at radius 1 is 0.733 bits per heavy atom. The molecule has 0 bridgehead atoms. The van der Waals surface area contributed by atoms with Crippen LogP contribution in [0.4, 0.5) is 5.69 Å². The first-order chi connectivity index (χ1) is 28.6. The van der Waals surface area contributed by atoms with Gasteiger partial charge in [0.15, 0.2) is 11.5 Å². The molecule has 3 aromatic carbocycles. The summed E-state index contributed by atoms with van der Waals surface area (Å²) in [6, 6.07) is 14.7. The SMILES string of the molecule is COC1=CC2CC[C@H](NC(C)=O)c3cc(=O)c(NC(=O)[C@H](Cc4ccc(O)cc4)NC(=O)[C@H](CC(C)C)NC(=O)[C@@H](C)Cc4ccc(O)cc4)ccc3C2C(OC)=C1OC. The molecule has 320 valence electrons. The third-order valence-electron chi connectivity index (χ3n) is 10.9. The number of aromatic hydroxyl groups is 2. The van der Waals surface area contributed by atoms with Gasteiger partial charge < -0.3 is 45.7 Å². The number of methoxy groups -OCH3 is 3. The number of phenols is 2. The Hall–Kier alpha value is -6.31. The van der Waals surface area contributed by atoms with E-state index in [9.17, 15) is 34.2 Å². The standard InChI is InChI=1S/C46H56N4O10/c1-25(2)20-37(49-44(55)26(3)21-28-8-13-31(52)14-9-28)45(56)50-38(22-29-10-15-32(53)16-11-29)46(57)48-36-19-17-33-34(24-39(36)54)35(47-27(4)51)18-12-30-23-40(58-5)42(59-6)43(60-7)41(30)33/h8-11,13-17,19,23-26,30,35,37-38,41,52-53H,12,18,20-22H2,1-7H3,(H,47,51)(H,49,55)(H,50,56)(H,48,54,57)/t26-,30?,35-,37-,38-,41?/m0/s1. The minimum Gasteiger partial charge on any atom is -0.508 e. The van der Waals surface area contributed by atoms with Crippen molar-refractivity contribution in [2.75, 3.05) is 26.6 Å². The van der Waals surface area contributed by atoms with Crippen LogP contribution in [-0.4, -0.2) is 67.3 Å². The molecule has 0 radical (unpaired) electrons. The zero-order valence-corrected chi connectivity index (χ0v) is 35.2. The van der Waals surface area contributed by atoms with Gasteiger partial charge in [-0.1, -0.05) is 51.1 Å². The summed E-state index contributed by atoms with van der Waals surface area (Å²) in [5.41, 5.74) is 2.11. The first kappa shape index (κ1) is 44.8. The Morgan fingerprint density at radius 2 is 1.35 bits per heavy atom. The fourth-order valence-corrected chi connectivity index (χ4v) is 7.94. The van der Waals surface area contributed by atoms with Crippen LogP contribution in [0.1, 0.15) is 81.2 Å². The van der Waals surface area contributed by atoms with Gasteiger partial charge in [0.25, 0.3) is 0 Å². The normalized spacial score (nSPS) is 18.6. The van der Waals surface area contributed by atoms with Crippen molar-refractivity contribution in [3.8, 4) is 11.5 Å². The molecule has 0 aliphatic heterocycles. The van der Waals surface area contributed by atoms with Crippen molar-refractivity contribution in [3.05, 3.63) is 123 Å². The van der Waals surface area contributed by atoms with Crippen molar-refractivity contribution in [1.29, 1.82) is 0 Å². The largest absolute Gasteiger partial charge is 0.508 e. The number of carbonyl (C=O) groups is 4. The highest BCUT2D eigenvalue weighted by Crippen LogP contribution is 2.48. The van der Waals surface area contributed by atoms with E-state index in [0.717, 1.165) is 5.56 Å². The van der Waals surface area contributed by atoms with E-state index in [1.54, 1.807) is 56.5 Å². The van der Waals surface area contributed by atoms with Crippen LogP contribution < -0.4 is 26.7 Å². The molecule has 0 saturated carbocycles. The van der Waals surface area contributed by atoms with E-state index in [1.165, 1.54) is 45.4 Å². The molecule has 6 N–H and O–H groups in total. The number of benzene rings is 2. The van der Waals surface area contributed by atoms with Crippen molar-refractivity contribution >= 4 is 29.3 Å². The number of amides is 4. The van der Waals surface area contributed by atoms with Crippen LogP contribution in [0.5, 0.6) is 11.5 Å². The van der Waals surface area contributed by atoms with Crippen molar-refractivity contribution in [2.45, 2.75) is 83.8 Å². The van der Waals surface area contributed by atoms with E-state index in [0.29, 0.717) is 53.2 Å². The van der Waals surface area contributed by atoms with Gasteiger partial charge in [-0.15, -0.1) is 0 Å². The zero-order chi connectivity index (χ0) is 43.7. The second-order valence-corrected chi connectivity index (χ2v) is 15.9. The smallest absolute Gasteiger partial charge is 0.247 e. The lowest BCUT2D eigenvalue weighted by atomic mass is 9.79. The Balaban J connectivity index is 1.47. The molecule has 14 heteroatoms. The predicted octanol–water partition coefficient (Wildman–Crippen LogP) is 5.25. The fraction of sp³-hybridized carbons (Fsp3) is 0.413. The van der Waals surface area contributed by atoms with E-state index >= 15 is 0 Å². The highest BCUT2D eigenvalue weighted by molar-refractivity contribution is 5.98. The van der Waals surface area contributed by atoms with E-state index in [2.05, 4.69) is 21.3 Å². The average molecular weight is 825 g/mol. The number of phenolic OH excluding ortho intramolecular Hbond substituents is 2. The summed E-state index contributed by atoms with van der Waals surface area (Å²) in [7, 11) is 4.59. The molecule has 14 nitrogen and oxygen atoms in total. The predicted molar refractivity (Wildman–Crippen MR) is 226 cm³/mol. The molecule has 0 aromatic heterocycles. The first-order valence-corrected chi connectivity index (χ1v) is 20.1. The van der Waals surface area contributed by atoms with Gasteiger partial charge in [0, 0.05) is 19.3 Å². The van der Waals surface area contributed by atoms with Gasteiger partial charge in [-0.2, -0.15) is 0 Å². The Morgan fingerprint density at radius 3 is 1.92 bits per heavy atom. The summed E-state index contributed by atoms with van der Waals surface area (Å²) >= 11 is 0. The first-order valence-electron chi connectivity index (χ1n) is 20.1. The lowest BCUT2D eigenvalue weighted by Gasteiger charge is -2.31. The third kappa shape index (κ3) is 11.0. The van der Waals surface area contributed by atoms with E-state index in [-0.39, 0.29) is 53.7 Å². The number of fused-ring (bicyclic) bond motifs is 3. The minimum absolute atomic E-state index is 0.00417. The third-order valence-corrected chi connectivity index (χ3v) is 10.9. The number of hydrogen-bond donors (Lipinski definition) is 6. The van der Waals surface area contributed by atoms with Gasteiger partial charge in [0.1, 0.15) is 29.3 Å². The van der Waals surface area contributed by atoms with Crippen LogP contribution in [0.15, 0.2) is 94.9 Å². The van der Waals surface area contributed by atoms with E-state index in [1.807, 2.05) is 19.9 Å². The number of carbonyl (C=O) groups excluding carboxylic acids is 4. The molecular formula is C46H56N4O10. The number of anilines is 1. The molecule has 2 unspecified atom stereocenters. The average Bonchev–Trinajstić information content (AvgIpc) is 3.45. The fourth-order valence-electron chi connectivity index (χ4n) is 7.94. The zero-order valence-electron chi connectivity index (χ0n) is 35.2. The van der Waals surface area contributed by atoms with Gasteiger partial charge in [-0.3, -0.25) is 24.0 Å². The summed E-state index contributed by atoms with van der Waals surface area (Å²) in [4.78, 5) is 68.4. The Kier molecular flexibility index (Phi) is 15.0. The molecule has 4 amide bonds. The number of hydrogen-bond acceptors (Lipinski definition) is 10. The maximum Gasteiger partial charge on any atom is 0.247 e. The van der Waals surface area contributed by atoms with Crippen LogP contribution >= 0.6 is 0 Å². The van der Waals surface area contributed by atoms with Crippen LogP contribution in [-0.2, 0) is 46.2 Å². The van der Waals surface area contributed by atoms with Gasteiger partial charge in [0.05, 0.1) is 39.0 Å². The lowest BCUT2D eigenvalue weighted by Crippen LogP contribution is -2.54. The number of allylic oxidation sites excluding steroid dienone is 2. The molecular weight excluding hydrogens is 769 g/mol. The second-order valence-electron chi connectivity index (χ2n) is 15.9. The highest BCUT2D eigenvalue weighted by Gasteiger charge is 2.40. The summed E-state index contributed by atoms with van der Waals surface area (Å²) < 4.78 is 17.3. The summed E-state index contributed by atoms with van der Waals surface area (Å²) in [5, 5.41) is 31.1. The molecule has 2 aliphatic carbocycles. The van der Waals surface area contributed by atoms with Gasteiger partial charge in [-0.25, -0.2) is 0 Å². The van der Waals surface area contributed by atoms with Crippen molar-refractivity contribution < 1.29 is 43.6 Å². The van der Waals surface area contributed by atoms with Gasteiger partial charge >= 0.3 is 0 Å². The van der Waals surface area contributed by atoms with Gasteiger partial charge in [-0.05, 0) is 102 Å². The quantitative estimate of drug-likeness (QED) is 0.111. The molecule has 3 aromatic rings. The van der Waals surface area contributed by atoms with E-state index in [4.69, 9.17) is 14.2 Å². The maximum atomic E-state index is 14.3. The van der Waals surface area contributed by atoms with Crippen LogP contribution in [0.3, 0.4) is 0 Å². The maximum absolute atomic E-state index is 14.3. The second kappa shape index (κ2) is 20.1. The summed E-state index contributed by atoms with van der Waals surface area (Å²) in [6.07, 6.45) is 3.72. The number of ether oxygens (including phenoxy) is 3. The van der Waals surface area contributed by atoms with E-state index < -0.39 is 47.2 Å².